The number of aryl methyl sites for hydroxylation is 1. The van der Waals surface area contributed by atoms with Gasteiger partial charge in [0.25, 0.3) is 0 Å². The molecular formula is C18H29BrCl2N2O. The number of aromatic hydroxyl groups is 1. The van der Waals surface area contributed by atoms with Crippen LogP contribution >= 0.6 is 40.7 Å². The maximum atomic E-state index is 10.7. The lowest BCUT2D eigenvalue weighted by atomic mass is 9.79. The summed E-state index contributed by atoms with van der Waals surface area (Å²) in [7, 11) is 0. The molecule has 3 rings (SSSR count). The maximum absolute atomic E-state index is 10.7. The SMILES string of the molecule is Cc1ccc(Br)c([C@H](C2CCCCC2)N2CCNCC2)c1O.Cl.Cl. The first-order valence-electron chi connectivity index (χ1n) is 8.61. The van der Waals surface area contributed by atoms with Crippen LogP contribution in [-0.4, -0.2) is 36.2 Å². The molecule has 1 atom stereocenters. The highest BCUT2D eigenvalue weighted by molar-refractivity contribution is 9.10. The topological polar surface area (TPSA) is 35.5 Å². The van der Waals surface area contributed by atoms with E-state index in [0.29, 0.717) is 17.7 Å². The van der Waals surface area contributed by atoms with Gasteiger partial charge in [-0.15, -0.1) is 24.8 Å². The highest BCUT2D eigenvalue weighted by Crippen LogP contribution is 2.45. The van der Waals surface area contributed by atoms with Crippen molar-refractivity contribution in [3.05, 3.63) is 27.7 Å². The average Bonchev–Trinajstić information content (AvgIpc) is 2.57. The first-order chi connectivity index (χ1) is 10.7. The largest absolute Gasteiger partial charge is 0.507 e. The summed E-state index contributed by atoms with van der Waals surface area (Å²) in [6.45, 7) is 6.24. The number of phenols is 1. The van der Waals surface area contributed by atoms with E-state index in [4.69, 9.17) is 0 Å². The van der Waals surface area contributed by atoms with Crippen molar-refractivity contribution in [1.29, 1.82) is 0 Å². The van der Waals surface area contributed by atoms with Crippen molar-refractivity contribution in [3.8, 4) is 5.75 Å². The van der Waals surface area contributed by atoms with Gasteiger partial charge in [-0.2, -0.15) is 0 Å². The zero-order valence-corrected chi connectivity index (χ0v) is 17.5. The second kappa shape index (κ2) is 10.2. The first kappa shape index (κ1) is 22.0. The molecule has 1 saturated heterocycles. The second-order valence-corrected chi connectivity index (χ2v) is 7.61. The van der Waals surface area contributed by atoms with Crippen LogP contribution in [0.2, 0.25) is 0 Å². The van der Waals surface area contributed by atoms with Gasteiger partial charge in [-0.1, -0.05) is 41.3 Å². The maximum Gasteiger partial charge on any atom is 0.124 e. The van der Waals surface area contributed by atoms with E-state index in [9.17, 15) is 5.11 Å². The molecule has 2 N–H and O–H groups in total. The van der Waals surface area contributed by atoms with E-state index in [1.165, 1.54) is 32.1 Å². The van der Waals surface area contributed by atoms with E-state index in [1.54, 1.807) is 0 Å². The smallest absolute Gasteiger partial charge is 0.124 e. The van der Waals surface area contributed by atoms with Crippen molar-refractivity contribution in [2.45, 2.75) is 45.1 Å². The van der Waals surface area contributed by atoms with Crippen molar-refractivity contribution in [2.75, 3.05) is 26.2 Å². The Hall–Kier alpha value is -0.000000000000000111. The van der Waals surface area contributed by atoms with Gasteiger partial charge in [0.05, 0.1) is 0 Å². The number of nitrogens with one attached hydrogen (secondary N) is 1. The Bertz CT molecular complexity index is 500. The lowest BCUT2D eigenvalue weighted by Gasteiger charge is -2.42. The Kier molecular flexibility index (Phi) is 9.39. The number of hydrogen-bond acceptors (Lipinski definition) is 3. The van der Waals surface area contributed by atoms with Crippen LogP contribution in [0, 0.1) is 12.8 Å². The van der Waals surface area contributed by atoms with Gasteiger partial charge in [0, 0.05) is 42.3 Å². The van der Waals surface area contributed by atoms with Crippen LogP contribution in [-0.2, 0) is 0 Å². The third-order valence-electron chi connectivity index (χ3n) is 5.30. The Labute approximate surface area is 166 Å². The fraction of sp³-hybridized carbons (Fsp3) is 0.667. The minimum atomic E-state index is 0. The van der Waals surface area contributed by atoms with E-state index in [1.807, 2.05) is 13.0 Å². The number of piperazine rings is 1. The molecule has 1 aliphatic carbocycles. The quantitative estimate of drug-likeness (QED) is 0.707. The number of hydrogen-bond donors (Lipinski definition) is 2. The molecule has 1 aromatic rings. The Morgan fingerprint density at radius 3 is 2.38 bits per heavy atom. The zero-order valence-electron chi connectivity index (χ0n) is 14.3. The molecule has 1 aliphatic heterocycles. The number of halogens is 3. The Morgan fingerprint density at radius 2 is 1.75 bits per heavy atom. The van der Waals surface area contributed by atoms with E-state index in [2.05, 4.69) is 32.2 Å². The monoisotopic (exact) mass is 438 g/mol. The molecule has 3 nitrogen and oxygen atoms in total. The molecule has 1 heterocycles. The van der Waals surface area contributed by atoms with Gasteiger partial charge >= 0.3 is 0 Å². The summed E-state index contributed by atoms with van der Waals surface area (Å²) in [5, 5.41) is 14.2. The van der Waals surface area contributed by atoms with Crippen molar-refractivity contribution >= 4 is 40.7 Å². The summed E-state index contributed by atoms with van der Waals surface area (Å²) in [6.07, 6.45) is 6.60. The van der Waals surface area contributed by atoms with Crippen molar-refractivity contribution in [1.82, 2.24) is 10.2 Å². The molecule has 0 spiro atoms. The van der Waals surface area contributed by atoms with Crippen LogP contribution in [0.25, 0.3) is 0 Å². The van der Waals surface area contributed by atoms with Crippen LogP contribution in [0.15, 0.2) is 16.6 Å². The molecule has 0 aromatic heterocycles. The standard InChI is InChI=1S/C18H27BrN2O.2ClH/c1-13-7-8-15(19)16(18(13)22)17(14-5-3-2-4-6-14)21-11-9-20-10-12-21;;/h7-8,14,17,20,22H,2-6,9-12H2,1H3;2*1H/t17-;;/m0../s1. The van der Waals surface area contributed by atoms with Crippen molar-refractivity contribution < 1.29 is 5.11 Å². The molecule has 6 heteroatoms. The predicted molar refractivity (Wildman–Crippen MR) is 109 cm³/mol. The van der Waals surface area contributed by atoms with Crippen LogP contribution in [0.4, 0.5) is 0 Å². The molecule has 0 radical (unpaired) electrons. The Balaban J connectivity index is 0.00000144. The molecule has 2 aliphatic rings. The van der Waals surface area contributed by atoms with Crippen LogP contribution < -0.4 is 5.32 Å². The molecule has 2 fully saturated rings. The molecule has 24 heavy (non-hydrogen) atoms. The first-order valence-corrected chi connectivity index (χ1v) is 9.40. The van der Waals surface area contributed by atoms with Gasteiger partial charge in [0.2, 0.25) is 0 Å². The molecule has 0 amide bonds. The molecular weight excluding hydrogens is 411 g/mol. The van der Waals surface area contributed by atoms with Crippen molar-refractivity contribution in [2.24, 2.45) is 5.92 Å². The zero-order chi connectivity index (χ0) is 15.5. The average molecular weight is 440 g/mol. The molecule has 0 bridgehead atoms. The van der Waals surface area contributed by atoms with Gasteiger partial charge in [0.15, 0.2) is 0 Å². The Morgan fingerprint density at radius 1 is 1.12 bits per heavy atom. The second-order valence-electron chi connectivity index (χ2n) is 6.76. The molecule has 0 unspecified atom stereocenters. The highest BCUT2D eigenvalue weighted by atomic mass is 79.9. The summed E-state index contributed by atoms with van der Waals surface area (Å²) in [5.41, 5.74) is 2.10. The summed E-state index contributed by atoms with van der Waals surface area (Å²) in [5.74, 6) is 1.15. The third-order valence-corrected chi connectivity index (χ3v) is 5.99. The van der Waals surface area contributed by atoms with Gasteiger partial charge in [-0.25, -0.2) is 0 Å². The number of rotatable bonds is 3. The van der Waals surface area contributed by atoms with Crippen LogP contribution in [0.5, 0.6) is 5.75 Å². The minimum Gasteiger partial charge on any atom is -0.507 e. The van der Waals surface area contributed by atoms with E-state index in [0.717, 1.165) is 41.8 Å². The van der Waals surface area contributed by atoms with Gasteiger partial charge in [0.1, 0.15) is 5.75 Å². The van der Waals surface area contributed by atoms with Gasteiger partial charge in [-0.3, -0.25) is 4.90 Å². The van der Waals surface area contributed by atoms with Crippen LogP contribution in [0.3, 0.4) is 0 Å². The predicted octanol–water partition coefficient (Wildman–Crippen LogP) is 4.83. The van der Waals surface area contributed by atoms with E-state index >= 15 is 0 Å². The lowest BCUT2D eigenvalue weighted by molar-refractivity contribution is 0.101. The van der Waals surface area contributed by atoms with Crippen LogP contribution in [0.1, 0.15) is 49.3 Å². The molecule has 138 valence electrons. The highest BCUT2D eigenvalue weighted by Gasteiger charge is 2.34. The normalized spacial score (nSPS) is 20.8. The minimum absolute atomic E-state index is 0. The number of phenolic OH excluding ortho intramolecular Hbond substituents is 1. The molecule has 1 aromatic carbocycles. The van der Waals surface area contributed by atoms with Gasteiger partial charge < -0.3 is 10.4 Å². The number of benzene rings is 1. The van der Waals surface area contributed by atoms with Gasteiger partial charge in [-0.05, 0) is 37.3 Å². The summed E-state index contributed by atoms with van der Waals surface area (Å²) < 4.78 is 1.06. The molecule has 1 saturated carbocycles. The summed E-state index contributed by atoms with van der Waals surface area (Å²) in [4.78, 5) is 2.59. The third kappa shape index (κ3) is 4.79. The summed E-state index contributed by atoms with van der Waals surface area (Å²) >= 11 is 3.71. The van der Waals surface area contributed by atoms with Crippen molar-refractivity contribution in [3.63, 3.8) is 0 Å². The lowest BCUT2D eigenvalue weighted by Crippen LogP contribution is -2.47. The fourth-order valence-corrected chi connectivity index (χ4v) is 4.65. The number of nitrogens with zero attached hydrogens (tertiary/aromatic N) is 1. The fourth-order valence-electron chi connectivity index (χ4n) is 4.10. The summed E-state index contributed by atoms with van der Waals surface area (Å²) in [6, 6.07) is 4.44. The van der Waals surface area contributed by atoms with E-state index < -0.39 is 0 Å². The van der Waals surface area contributed by atoms with E-state index in [-0.39, 0.29) is 24.8 Å².